The number of carbonyl (C=O) groups is 1. The molecule has 0 saturated heterocycles. The SMILES string of the molecule is CCN(c1cccc(C)c1)c1ccc(NC(=O)Cc2cccc(C)c2)cn1. The molecule has 2 aromatic carbocycles. The van der Waals surface area contributed by atoms with Crippen LogP contribution in [0.1, 0.15) is 23.6 Å². The first kappa shape index (κ1) is 18.6. The third kappa shape index (κ3) is 4.94. The lowest BCUT2D eigenvalue weighted by Crippen LogP contribution is -2.18. The van der Waals surface area contributed by atoms with Gasteiger partial charge in [-0.05, 0) is 56.2 Å². The number of hydrogen-bond acceptors (Lipinski definition) is 3. The molecule has 0 aliphatic heterocycles. The van der Waals surface area contributed by atoms with Crippen molar-refractivity contribution in [1.82, 2.24) is 4.98 Å². The lowest BCUT2D eigenvalue weighted by Gasteiger charge is -2.22. The van der Waals surface area contributed by atoms with Crippen molar-refractivity contribution in [3.05, 3.63) is 83.6 Å². The molecule has 1 heterocycles. The number of benzene rings is 2. The summed E-state index contributed by atoms with van der Waals surface area (Å²) in [6.45, 7) is 7.02. The van der Waals surface area contributed by atoms with E-state index in [1.807, 2.05) is 49.4 Å². The van der Waals surface area contributed by atoms with Gasteiger partial charge in [-0.3, -0.25) is 4.79 Å². The van der Waals surface area contributed by atoms with Crippen molar-refractivity contribution in [2.24, 2.45) is 0 Å². The molecule has 1 aromatic heterocycles. The van der Waals surface area contributed by atoms with Crippen LogP contribution in [0.15, 0.2) is 66.9 Å². The third-order valence-corrected chi connectivity index (χ3v) is 4.38. The minimum absolute atomic E-state index is 0.0406. The normalized spacial score (nSPS) is 10.5. The van der Waals surface area contributed by atoms with E-state index in [1.54, 1.807) is 6.20 Å². The topological polar surface area (TPSA) is 45.2 Å². The number of aryl methyl sites for hydroxylation is 2. The molecule has 0 unspecified atom stereocenters. The van der Waals surface area contributed by atoms with Crippen LogP contribution in [0.2, 0.25) is 0 Å². The van der Waals surface area contributed by atoms with Gasteiger partial charge in [0.2, 0.25) is 5.91 Å². The summed E-state index contributed by atoms with van der Waals surface area (Å²) >= 11 is 0. The van der Waals surface area contributed by atoms with E-state index < -0.39 is 0 Å². The smallest absolute Gasteiger partial charge is 0.228 e. The molecule has 3 rings (SSSR count). The Hall–Kier alpha value is -3.14. The number of nitrogens with one attached hydrogen (secondary N) is 1. The number of aromatic nitrogens is 1. The van der Waals surface area contributed by atoms with Crippen molar-refractivity contribution in [1.29, 1.82) is 0 Å². The van der Waals surface area contributed by atoms with Gasteiger partial charge in [-0.25, -0.2) is 4.98 Å². The summed E-state index contributed by atoms with van der Waals surface area (Å²) in [5, 5.41) is 2.92. The number of amides is 1. The maximum absolute atomic E-state index is 12.3. The zero-order valence-corrected chi connectivity index (χ0v) is 16.1. The molecule has 1 N–H and O–H groups in total. The first-order valence-electron chi connectivity index (χ1n) is 9.21. The Morgan fingerprint density at radius 2 is 1.74 bits per heavy atom. The highest BCUT2D eigenvalue weighted by Crippen LogP contribution is 2.24. The number of hydrogen-bond donors (Lipinski definition) is 1. The predicted molar refractivity (Wildman–Crippen MR) is 112 cm³/mol. The monoisotopic (exact) mass is 359 g/mol. The molecule has 27 heavy (non-hydrogen) atoms. The zero-order valence-electron chi connectivity index (χ0n) is 16.1. The van der Waals surface area contributed by atoms with Gasteiger partial charge in [-0.2, -0.15) is 0 Å². The van der Waals surface area contributed by atoms with Gasteiger partial charge in [0, 0.05) is 12.2 Å². The van der Waals surface area contributed by atoms with Crippen LogP contribution in [0, 0.1) is 13.8 Å². The second kappa shape index (κ2) is 8.49. The maximum Gasteiger partial charge on any atom is 0.228 e. The van der Waals surface area contributed by atoms with Gasteiger partial charge in [-0.15, -0.1) is 0 Å². The minimum atomic E-state index is -0.0406. The van der Waals surface area contributed by atoms with Crippen molar-refractivity contribution in [2.45, 2.75) is 27.2 Å². The fraction of sp³-hybridized carbons (Fsp3) is 0.217. The Bertz CT molecular complexity index is 919. The van der Waals surface area contributed by atoms with Crippen molar-refractivity contribution in [2.75, 3.05) is 16.8 Å². The van der Waals surface area contributed by atoms with Crippen LogP contribution in [-0.2, 0) is 11.2 Å². The summed E-state index contributed by atoms with van der Waals surface area (Å²) in [5.74, 6) is 0.820. The molecule has 0 spiro atoms. The molecule has 0 fully saturated rings. The van der Waals surface area contributed by atoms with Crippen molar-refractivity contribution in [3.8, 4) is 0 Å². The van der Waals surface area contributed by atoms with Crippen LogP contribution in [-0.4, -0.2) is 17.4 Å². The van der Waals surface area contributed by atoms with E-state index >= 15 is 0 Å². The molecule has 0 saturated carbocycles. The Balaban J connectivity index is 1.68. The molecule has 0 aliphatic rings. The third-order valence-electron chi connectivity index (χ3n) is 4.38. The van der Waals surface area contributed by atoms with E-state index in [1.165, 1.54) is 5.56 Å². The standard InChI is InChI=1S/C23H25N3O/c1-4-26(21-10-6-8-18(3)14-21)22-12-11-20(16-24-22)25-23(27)15-19-9-5-7-17(2)13-19/h5-14,16H,4,15H2,1-3H3,(H,25,27). The summed E-state index contributed by atoms with van der Waals surface area (Å²) < 4.78 is 0. The largest absolute Gasteiger partial charge is 0.327 e. The van der Waals surface area contributed by atoms with Crippen molar-refractivity contribution in [3.63, 3.8) is 0 Å². The molecule has 138 valence electrons. The molecule has 4 heteroatoms. The van der Waals surface area contributed by atoms with E-state index in [-0.39, 0.29) is 5.91 Å². The quantitative estimate of drug-likeness (QED) is 0.671. The van der Waals surface area contributed by atoms with Gasteiger partial charge in [0.05, 0.1) is 18.3 Å². The van der Waals surface area contributed by atoms with E-state index in [4.69, 9.17) is 0 Å². The number of nitrogens with zero attached hydrogens (tertiary/aromatic N) is 2. The molecule has 4 nitrogen and oxygen atoms in total. The lowest BCUT2D eigenvalue weighted by atomic mass is 10.1. The van der Waals surface area contributed by atoms with Gasteiger partial charge in [-0.1, -0.05) is 42.0 Å². The summed E-state index contributed by atoms with van der Waals surface area (Å²) in [5.41, 5.74) is 5.19. The molecule has 0 atom stereocenters. The number of pyridine rings is 1. The Kier molecular flexibility index (Phi) is 5.87. The van der Waals surface area contributed by atoms with Gasteiger partial charge >= 0.3 is 0 Å². The lowest BCUT2D eigenvalue weighted by molar-refractivity contribution is -0.115. The summed E-state index contributed by atoms with van der Waals surface area (Å²) in [6, 6.07) is 20.2. The fourth-order valence-electron chi connectivity index (χ4n) is 3.11. The summed E-state index contributed by atoms with van der Waals surface area (Å²) in [7, 11) is 0. The van der Waals surface area contributed by atoms with Crippen LogP contribution in [0.4, 0.5) is 17.2 Å². The van der Waals surface area contributed by atoms with E-state index in [0.717, 1.165) is 29.2 Å². The van der Waals surface area contributed by atoms with E-state index in [9.17, 15) is 4.79 Å². The maximum atomic E-state index is 12.3. The molecule has 0 aliphatic carbocycles. The van der Waals surface area contributed by atoms with Crippen LogP contribution >= 0.6 is 0 Å². The number of anilines is 3. The van der Waals surface area contributed by atoms with Gasteiger partial charge < -0.3 is 10.2 Å². The second-order valence-corrected chi connectivity index (χ2v) is 6.70. The average molecular weight is 359 g/mol. The zero-order chi connectivity index (χ0) is 19.2. The van der Waals surface area contributed by atoms with Crippen LogP contribution < -0.4 is 10.2 Å². The Labute approximate surface area is 160 Å². The van der Waals surface area contributed by atoms with Crippen molar-refractivity contribution < 1.29 is 4.79 Å². The first-order valence-corrected chi connectivity index (χ1v) is 9.21. The molecular weight excluding hydrogens is 334 g/mol. The van der Waals surface area contributed by atoms with Gasteiger partial charge in [0.25, 0.3) is 0 Å². The molecule has 0 radical (unpaired) electrons. The number of carbonyl (C=O) groups excluding carboxylic acids is 1. The number of rotatable bonds is 6. The average Bonchev–Trinajstić information content (AvgIpc) is 2.64. The highest BCUT2D eigenvalue weighted by molar-refractivity contribution is 5.92. The Morgan fingerprint density at radius 1 is 1.00 bits per heavy atom. The summed E-state index contributed by atoms with van der Waals surface area (Å²) in [6.07, 6.45) is 2.07. The highest BCUT2D eigenvalue weighted by atomic mass is 16.1. The molecular formula is C23H25N3O. The fourth-order valence-corrected chi connectivity index (χ4v) is 3.11. The molecule has 3 aromatic rings. The highest BCUT2D eigenvalue weighted by Gasteiger charge is 2.10. The summed E-state index contributed by atoms with van der Waals surface area (Å²) in [4.78, 5) is 19.0. The van der Waals surface area contributed by atoms with Crippen LogP contribution in [0.5, 0.6) is 0 Å². The minimum Gasteiger partial charge on any atom is -0.327 e. The van der Waals surface area contributed by atoms with E-state index in [2.05, 4.69) is 47.2 Å². The molecule has 1 amide bonds. The Morgan fingerprint density at radius 3 is 2.37 bits per heavy atom. The van der Waals surface area contributed by atoms with Crippen LogP contribution in [0.25, 0.3) is 0 Å². The van der Waals surface area contributed by atoms with Crippen molar-refractivity contribution >= 4 is 23.1 Å². The first-order chi connectivity index (χ1) is 13.0. The van der Waals surface area contributed by atoms with E-state index in [0.29, 0.717) is 12.1 Å². The van der Waals surface area contributed by atoms with Crippen LogP contribution in [0.3, 0.4) is 0 Å². The van der Waals surface area contributed by atoms with Gasteiger partial charge in [0.1, 0.15) is 5.82 Å². The molecule has 0 bridgehead atoms. The predicted octanol–water partition coefficient (Wildman–Crippen LogP) is 5.04. The van der Waals surface area contributed by atoms with Gasteiger partial charge in [0.15, 0.2) is 0 Å². The second-order valence-electron chi connectivity index (χ2n) is 6.70.